The van der Waals surface area contributed by atoms with Crippen molar-refractivity contribution in [3.05, 3.63) is 52.9 Å². The van der Waals surface area contributed by atoms with E-state index in [-0.39, 0.29) is 17.1 Å². The molecule has 1 saturated heterocycles. The van der Waals surface area contributed by atoms with Crippen molar-refractivity contribution in [3.8, 4) is 11.5 Å². The van der Waals surface area contributed by atoms with Crippen molar-refractivity contribution < 1.29 is 19.4 Å². The van der Waals surface area contributed by atoms with Crippen molar-refractivity contribution in [2.45, 2.75) is 26.2 Å². The molecule has 0 spiro atoms. The smallest absolute Gasteiger partial charge is 0.308 e. The fourth-order valence-corrected chi connectivity index (χ4v) is 4.62. The van der Waals surface area contributed by atoms with Crippen LogP contribution in [0.25, 0.3) is 10.1 Å². The highest BCUT2D eigenvalue weighted by Crippen LogP contribution is 2.49. The average Bonchev–Trinajstić information content (AvgIpc) is 3.21. The summed E-state index contributed by atoms with van der Waals surface area (Å²) in [7, 11) is 0. The summed E-state index contributed by atoms with van der Waals surface area (Å²) in [6, 6.07) is 10.6. The largest absolute Gasteiger partial charge is 0.506 e. The van der Waals surface area contributed by atoms with Crippen molar-refractivity contribution in [1.82, 2.24) is 0 Å². The number of thiophene rings is 1. The number of anilines is 1. The number of ether oxygens (including phenoxy) is 1. The van der Waals surface area contributed by atoms with Gasteiger partial charge in [-0.1, -0.05) is 30.3 Å². The molecular formula is C22H21NO4S. The number of rotatable bonds is 4. The number of hydrogen-bond acceptors (Lipinski definition) is 6. The van der Waals surface area contributed by atoms with Crippen LogP contribution in [0.5, 0.6) is 11.5 Å². The van der Waals surface area contributed by atoms with Crippen LogP contribution in [-0.2, 0) is 4.79 Å². The van der Waals surface area contributed by atoms with Crippen LogP contribution in [0.15, 0.2) is 41.8 Å². The number of nitrogens with zero attached hydrogens (tertiary/aromatic N) is 1. The molecule has 0 radical (unpaired) electrons. The number of carbonyl (C=O) groups excluding carboxylic acids is 2. The Balaban J connectivity index is 2.02. The predicted molar refractivity (Wildman–Crippen MR) is 111 cm³/mol. The maximum atomic E-state index is 13.4. The first-order chi connectivity index (χ1) is 13.6. The zero-order valence-electron chi connectivity index (χ0n) is 15.6. The van der Waals surface area contributed by atoms with Crippen LogP contribution in [0, 0.1) is 0 Å². The van der Waals surface area contributed by atoms with Crippen molar-refractivity contribution in [2.75, 3.05) is 18.0 Å². The van der Waals surface area contributed by atoms with Crippen LogP contribution < -0.4 is 9.64 Å². The molecule has 0 aliphatic carbocycles. The second kappa shape index (κ2) is 7.64. The number of aromatic hydroxyl groups is 1. The highest BCUT2D eigenvalue weighted by atomic mass is 32.1. The highest BCUT2D eigenvalue weighted by molar-refractivity contribution is 7.17. The summed E-state index contributed by atoms with van der Waals surface area (Å²) in [5.41, 5.74) is 1.21. The van der Waals surface area contributed by atoms with Crippen LogP contribution >= 0.6 is 11.3 Å². The third-order valence-corrected chi connectivity index (χ3v) is 5.91. The Morgan fingerprint density at radius 1 is 1.07 bits per heavy atom. The lowest BCUT2D eigenvalue weighted by atomic mass is 9.96. The molecule has 2 aromatic carbocycles. The molecule has 1 aliphatic heterocycles. The second-order valence-corrected chi connectivity index (χ2v) is 7.82. The predicted octanol–water partition coefficient (Wildman–Crippen LogP) is 4.75. The number of hydrogen-bond donors (Lipinski definition) is 1. The summed E-state index contributed by atoms with van der Waals surface area (Å²) in [6.45, 7) is 2.85. The molecule has 0 saturated carbocycles. The third-order valence-electron chi connectivity index (χ3n) is 5.00. The van der Waals surface area contributed by atoms with E-state index in [0.717, 1.165) is 32.4 Å². The summed E-state index contributed by atoms with van der Waals surface area (Å²) in [5, 5.41) is 13.4. The maximum absolute atomic E-state index is 13.4. The van der Waals surface area contributed by atoms with Crippen molar-refractivity contribution in [1.29, 1.82) is 0 Å². The van der Waals surface area contributed by atoms with Gasteiger partial charge in [-0.15, -0.1) is 11.3 Å². The molecule has 0 amide bonds. The highest BCUT2D eigenvalue weighted by Gasteiger charge is 2.31. The molecule has 3 aromatic rings. The number of ketones is 1. The van der Waals surface area contributed by atoms with E-state index in [1.165, 1.54) is 18.3 Å². The number of esters is 1. The summed E-state index contributed by atoms with van der Waals surface area (Å²) in [6.07, 6.45) is 3.10. The molecule has 1 aliphatic rings. The monoisotopic (exact) mass is 395 g/mol. The molecule has 4 rings (SSSR count). The van der Waals surface area contributed by atoms with Gasteiger partial charge in [-0.2, -0.15) is 0 Å². The number of piperidine rings is 1. The van der Waals surface area contributed by atoms with E-state index in [0.29, 0.717) is 27.1 Å². The van der Waals surface area contributed by atoms with E-state index in [9.17, 15) is 14.7 Å². The molecule has 5 nitrogen and oxygen atoms in total. The van der Waals surface area contributed by atoms with Gasteiger partial charge in [0.05, 0.1) is 16.0 Å². The van der Waals surface area contributed by atoms with E-state index in [4.69, 9.17) is 4.74 Å². The average molecular weight is 395 g/mol. The molecule has 0 bridgehead atoms. The van der Waals surface area contributed by atoms with Crippen LogP contribution in [0.3, 0.4) is 0 Å². The minimum atomic E-state index is -0.447. The molecule has 1 N–H and O–H groups in total. The first kappa shape index (κ1) is 18.5. The number of phenols is 1. The third kappa shape index (κ3) is 3.24. The fourth-order valence-electron chi connectivity index (χ4n) is 3.75. The van der Waals surface area contributed by atoms with E-state index in [2.05, 4.69) is 4.90 Å². The molecule has 144 valence electrons. The summed E-state index contributed by atoms with van der Waals surface area (Å²) >= 11 is 1.39. The van der Waals surface area contributed by atoms with Crippen molar-refractivity contribution in [3.63, 3.8) is 0 Å². The number of phenolic OH excluding ortho intramolecular Hbond substituents is 1. The summed E-state index contributed by atoms with van der Waals surface area (Å²) in [5.74, 6) is -0.407. The maximum Gasteiger partial charge on any atom is 0.308 e. The normalized spacial score (nSPS) is 14.2. The van der Waals surface area contributed by atoms with Crippen LogP contribution in [-0.4, -0.2) is 29.9 Å². The second-order valence-electron chi connectivity index (χ2n) is 6.90. The SMILES string of the molecule is CC(=O)Oc1c(N2CCCCC2)c(C(=O)c2ccccc2)c(O)c2ccsc12. The number of benzene rings is 2. The quantitative estimate of drug-likeness (QED) is 0.392. The Bertz CT molecular complexity index is 1040. The number of fused-ring (bicyclic) bond motifs is 1. The Morgan fingerprint density at radius 3 is 2.46 bits per heavy atom. The lowest BCUT2D eigenvalue weighted by Gasteiger charge is -2.32. The zero-order valence-corrected chi connectivity index (χ0v) is 16.4. The lowest BCUT2D eigenvalue weighted by Crippen LogP contribution is -2.31. The minimum absolute atomic E-state index is 0.0541. The van der Waals surface area contributed by atoms with E-state index in [1.54, 1.807) is 30.3 Å². The minimum Gasteiger partial charge on any atom is -0.506 e. The summed E-state index contributed by atoms with van der Waals surface area (Å²) in [4.78, 5) is 27.3. The van der Waals surface area contributed by atoms with Crippen LogP contribution in [0.1, 0.15) is 42.1 Å². The van der Waals surface area contributed by atoms with Crippen LogP contribution in [0.4, 0.5) is 5.69 Å². The van der Waals surface area contributed by atoms with E-state index >= 15 is 0 Å². The first-order valence-corrected chi connectivity index (χ1v) is 10.2. The molecule has 6 heteroatoms. The molecule has 1 fully saturated rings. The molecular weight excluding hydrogens is 374 g/mol. The van der Waals surface area contributed by atoms with E-state index in [1.807, 2.05) is 11.4 Å². The van der Waals surface area contributed by atoms with Gasteiger partial charge in [0.25, 0.3) is 0 Å². The molecule has 28 heavy (non-hydrogen) atoms. The Morgan fingerprint density at radius 2 is 1.79 bits per heavy atom. The van der Waals surface area contributed by atoms with Gasteiger partial charge in [-0.05, 0) is 30.7 Å². The van der Waals surface area contributed by atoms with Gasteiger partial charge < -0.3 is 14.7 Å². The molecule has 1 aromatic heterocycles. The lowest BCUT2D eigenvalue weighted by molar-refractivity contribution is -0.131. The van der Waals surface area contributed by atoms with Gasteiger partial charge in [-0.3, -0.25) is 9.59 Å². The van der Waals surface area contributed by atoms with Gasteiger partial charge in [0.1, 0.15) is 5.75 Å². The van der Waals surface area contributed by atoms with Gasteiger partial charge in [0.15, 0.2) is 11.5 Å². The standard InChI is InChI=1S/C22H21NO4S/c1-14(24)27-21-18(23-11-6-3-7-12-23)17(19(25)15-8-4-2-5-9-15)20(26)16-10-13-28-22(16)21/h2,4-5,8-10,13,26H,3,6-7,11-12H2,1H3. The van der Waals surface area contributed by atoms with Gasteiger partial charge in [0, 0.05) is 31.0 Å². The van der Waals surface area contributed by atoms with Crippen molar-refractivity contribution >= 4 is 38.9 Å². The zero-order chi connectivity index (χ0) is 19.7. The molecule has 2 heterocycles. The van der Waals surface area contributed by atoms with E-state index < -0.39 is 5.97 Å². The topological polar surface area (TPSA) is 66.8 Å². The Labute approximate surface area is 167 Å². The fraction of sp³-hybridized carbons (Fsp3) is 0.273. The van der Waals surface area contributed by atoms with Crippen molar-refractivity contribution in [2.24, 2.45) is 0 Å². The Hall–Kier alpha value is -2.86. The van der Waals surface area contributed by atoms with Gasteiger partial charge in [-0.25, -0.2) is 0 Å². The van der Waals surface area contributed by atoms with Gasteiger partial charge >= 0.3 is 5.97 Å². The van der Waals surface area contributed by atoms with Gasteiger partial charge in [0.2, 0.25) is 0 Å². The Kier molecular flexibility index (Phi) is 5.05. The molecule has 0 atom stereocenters. The summed E-state index contributed by atoms with van der Waals surface area (Å²) < 4.78 is 6.30. The first-order valence-electron chi connectivity index (χ1n) is 9.37. The number of carbonyl (C=O) groups is 2. The molecule has 0 unspecified atom stereocenters. The van der Waals surface area contributed by atoms with Crippen LogP contribution in [0.2, 0.25) is 0 Å².